The highest BCUT2D eigenvalue weighted by Crippen LogP contribution is 2.40. The van der Waals surface area contributed by atoms with E-state index in [1.165, 1.54) is 34.0 Å². The minimum absolute atomic E-state index is 0.171. The van der Waals surface area contributed by atoms with Crippen LogP contribution in [0.15, 0.2) is 78.9 Å². The van der Waals surface area contributed by atoms with Gasteiger partial charge in [0.25, 0.3) is 0 Å². The SMILES string of the molecule is ICCCC1(c2ccccc2)C=CC(c2ccccc2)=CC1. The molecule has 2 aromatic carbocycles. The van der Waals surface area contributed by atoms with Crippen LogP contribution in [0.1, 0.15) is 30.4 Å². The molecule has 0 saturated carbocycles. The molecular formula is C21H21I. The van der Waals surface area contributed by atoms with Crippen LogP contribution < -0.4 is 0 Å². The number of halogens is 1. The molecule has 0 nitrogen and oxygen atoms in total. The Bertz CT molecular complexity index is 655. The van der Waals surface area contributed by atoms with Gasteiger partial charge in [-0.05, 0) is 40.4 Å². The number of benzene rings is 2. The van der Waals surface area contributed by atoms with Gasteiger partial charge in [-0.1, -0.05) is 101 Å². The normalized spacial score (nSPS) is 20.7. The van der Waals surface area contributed by atoms with Crippen molar-refractivity contribution in [3.8, 4) is 0 Å². The number of hydrogen-bond acceptors (Lipinski definition) is 0. The first-order valence-electron chi connectivity index (χ1n) is 7.90. The molecule has 0 aliphatic heterocycles. The van der Waals surface area contributed by atoms with E-state index in [0.717, 1.165) is 6.42 Å². The van der Waals surface area contributed by atoms with E-state index in [2.05, 4.69) is 101 Å². The van der Waals surface area contributed by atoms with E-state index < -0.39 is 0 Å². The Hall–Kier alpha value is -1.35. The lowest BCUT2D eigenvalue weighted by Crippen LogP contribution is -2.25. The molecule has 0 N–H and O–H groups in total. The molecule has 0 fully saturated rings. The molecule has 1 unspecified atom stereocenters. The first-order valence-corrected chi connectivity index (χ1v) is 9.43. The summed E-state index contributed by atoms with van der Waals surface area (Å²) in [6.07, 6.45) is 10.7. The summed E-state index contributed by atoms with van der Waals surface area (Å²) in [5.74, 6) is 0. The van der Waals surface area contributed by atoms with Gasteiger partial charge in [0.15, 0.2) is 0 Å². The Morgan fingerprint density at radius 3 is 2.18 bits per heavy atom. The minimum Gasteiger partial charge on any atom is -0.0864 e. The molecule has 0 radical (unpaired) electrons. The van der Waals surface area contributed by atoms with Gasteiger partial charge >= 0.3 is 0 Å². The molecule has 0 heterocycles. The quantitative estimate of drug-likeness (QED) is 0.415. The number of allylic oxidation sites excluding steroid dienone is 4. The zero-order valence-corrected chi connectivity index (χ0v) is 14.9. The van der Waals surface area contributed by atoms with Gasteiger partial charge in [-0.25, -0.2) is 0 Å². The number of hydrogen-bond donors (Lipinski definition) is 0. The van der Waals surface area contributed by atoms with Crippen molar-refractivity contribution in [2.45, 2.75) is 24.7 Å². The van der Waals surface area contributed by atoms with Gasteiger partial charge < -0.3 is 0 Å². The first kappa shape index (κ1) is 15.5. The molecule has 1 aliphatic carbocycles. The van der Waals surface area contributed by atoms with Gasteiger partial charge in [-0.2, -0.15) is 0 Å². The zero-order valence-electron chi connectivity index (χ0n) is 12.7. The molecule has 0 saturated heterocycles. The predicted octanol–water partition coefficient (Wildman–Crippen LogP) is 6.18. The van der Waals surface area contributed by atoms with E-state index in [0.29, 0.717) is 0 Å². The summed E-state index contributed by atoms with van der Waals surface area (Å²) in [4.78, 5) is 0. The van der Waals surface area contributed by atoms with Gasteiger partial charge in [0.1, 0.15) is 0 Å². The second kappa shape index (κ2) is 7.28. The third-order valence-corrected chi connectivity index (χ3v) is 5.24. The molecule has 3 rings (SSSR count). The van der Waals surface area contributed by atoms with Crippen LogP contribution in [0, 0.1) is 0 Å². The smallest absolute Gasteiger partial charge is 0.0170 e. The molecule has 0 amide bonds. The van der Waals surface area contributed by atoms with Gasteiger partial charge in [-0.3, -0.25) is 0 Å². The average Bonchev–Trinajstić information content (AvgIpc) is 2.62. The molecule has 0 spiro atoms. The molecule has 112 valence electrons. The molecular weight excluding hydrogens is 379 g/mol. The van der Waals surface area contributed by atoms with Crippen molar-refractivity contribution >= 4 is 28.2 Å². The molecule has 22 heavy (non-hydrogen) atoms. The summed E-state index contributed by atoms with van der Waals surface area (Å²) in [5, 5.41) is 0. The maximum absolute atomic E-state index is 2.48. The van der Waals surface area contributed by atoms with E-state index in [-0.39, 0.29) is 5.41 Å². The molecule has 2 aromatic rings. The van der Waals surface area contributed by atoms with Gasteiger partial charge in [0.05, 0.1) is 0 Å². The fraction of sp³-hybridized carbons (Fsp3) is 0.238. The lowest BCUT2D eigenvalue weighted by atomic mass is 9.71. The standard InChI is InChI=1S/C21H21I/c22-17-7-14-21(20-10-5-2-6-11-20)15-12-19(13-16-21)18-8-3-1-4-9-18/h1-6,8-13,15H,7,14,16-17H2. The maximum Gasteiger partial charge on any atom is 0.0170 e. The Morgan fingerprint density at radius 2 is 1.59 bits per heavy atom. The van der Waals surface area contributed by atoms with Crippen molar-refractivity contribution in [2.24, 2.45) is 0 Å². The second-order valence-electron chi connectivity index (χ2n) is 5.88. The molecule has 0 aromatic heterocycles. The molecule has 1 atom stereocenters. The monoisotopic (exact) mass is 400 g/mol. The Kier molecular flexibility index (Phi) is 5.14. The largest absolute Gasteiger partial charge is 0.0864 e. The topological polar surface area (TPSA) is 0 Å². The van der Waals surface area contributed by atoms with Crippen LogP contribution in [0.5, 0.6) is 0 Å². The van der Waals surface area contributed by atoms with Crippen LogP contribution in [-0.2, 0) is 5.41 Å². The van der Waals surface area contributed by atoms with Crippen molar-refractivity contribution in [3.63, 3.8) is 0 Å². The third kappa shape index (κ3) is 3.35. The minimum atomic E-state index is 0.171. The number of rotatable bonds is 5. The summed E-state index contributed by atoms with van der Waals surface area (Å²) in [6, 6.07) is 21.7. The predicted molar refractivity (Wildman–Crippen MR) is 104 cm³/mol. The zero-order chi connectivity index (χ0) is 15.3. The summed E-state index contributed by atoms with van der Waals surface area (Å²) in [7, 11) is 0. The Balaban J connectivity index is 1.89. The van der Waals surface area contributed by atoms with E-state index in [4.69, 9.17) is 0 Å². The van der Waals surface area contributed by atoms with E-state index in [9.17, 15) is 0 Å². The summed E-state index contributed by atoms with van der Waals surface area (Å²) >= 11 is 2.48. The van der Waals surface area contributed by atoms with Gasteiger partial charge in [-0.15, -0.1) is 0 Å². The fourth-order valence-electron chi connectivity index (χ4n) is 3.22. The van der Waals surface area contributed by atoms with Crippen molar-refractivity contribution in [3.05, 3.63) is 90.0 Å². The average molecular weight is 400 g/mol. The highest BCUT2D eigenvalue weighted by molar-refractivity contribution is 14.1. The third-order valence-electron chi connectivity index (χ3n) is 4.48. The number of alkyl halides is 1. The van der Waals surface area contributed by atoms with E-state index >= 15 is 0 Å². The summed E-state index contributed by atoms with van der Waals surface area (Å²) in [6.45, 7) is 0. The van der Waals surface area contributed by atoms with Crippen LogP contribution in [0.3, 0.4) is 0 Å². The molecule has 1 heteroatoms. The van der Waals surface area contributed by atoms with Crippen LogP contribution >= 0.6 is 22.6 Å². The van der Waals surface area contributed by atoms with Crippen molar-refractivity contribution in [1.29, 1.82) is 0 Å². The highest BCUT2D eigenvalue weighted by Gasteiger charge is 2.29. The van der Waals surface area contributed by atoms with Crippen LogP contribution in [-0.4, -0.2) is 4.43 Å². The fourth-order valence-corrected chi connectivity index (χ4v) is 3.60. The highest BCUT2D eigenvalue weighted by atomic mass is 127. The molecule has 0 bridgehead atoms. The second-order valence-corrected chi connectivity index (χ2v) is 6.96. The van der Waals surface area contributed by atoms with Gasteiger partial charge in [0, 0.05) is 5.41 Å². The maximum atomic E-state index is 2.48. The van der Waals surface area contributed by atoms with Crippen molar-refractivity contribution in [1.82, 2.24) is 0 Å². The molecule has 1 aliphatic rings. The lowest BCUT2D eigenvalue weighted by Gasteiger charge is -2.33. The van der Waals surface area contributed by atoms with Crippen LogP contribution in [0.4, 0.5) is 0 Å². The van der Waals surface area contributed by atoms with Gasteiger partial charge in [0.2, 0.25) is 0 Å². The Morgan fingerprint density at radius 1 is 0.909 bits per heavy atom. The van der Waals surface area contributed by atoms with Crippen LogP contribution in [0.25, 0.3) is 5.57 Å². The summed E-state index contributed by atoms with van der Waals surface area (Å²) < 4.78 is 1.22. The van der Waals surface area contributed by atoms with E-state index in [1.807, 2.05) is 0 Å². The van der Waals surface area contributed by atoms with E-state index in [1.54, 1.807) is 0 Å². The summed E-state index contributed by atoms with van der Waals surface area (Å²) in [5.41, 5.74) is 4.28. The van der Waals surface area contributed by atoms with Crippen LogP contribution in [0.2, 0.25) is 0 Å². The van der Waals surface area contributed by atoms with Crippen molar-refractivity contribution in [2.75, 3.05) is 4.43 Å². The Labute approximate surface area is 147 Å². The van der Waals surface area contributed by atoms with Crippen molar-refractivity contribution < 1.29 is 0 Å². The lowest BCUT2D eigenvalue weighted by molar-refractivity contribution is 0.489. The first-order chi connectivity index (χ1) is 10.8.